The van der Waals surface area contributed by atoms with Crippen LogP contribution in [-0.2, 0) is 12.6 Å². The molecule has 3 rings (SSSR count). The van der Waals surface area contributed by atoms with Crippen LogP contribution < -0.4 is 0 Å². The molecule has 0 radical (unpaired) electrons. The third-order valence-corrected chi connectivity index (χ3v) is 3.41. The highest BCUT2D eigenvalue weighted by Gasteiger charge is 2.38. The molecular formula is C16H13F3N4O3. The Morgan fingerprint density at radius 1 is 1.15 bits per heavy atom. The smallest absolute Gasteiger partial charge is 0.448 e. The molecule has 0 unspecified atom stereocenters. The second-order valence-electron chi connectivity index (χ2n) is 5.62. The summed E-state index contributed by atoms with van der Waals surface area (Å²) in [6.07, 6.45) is -3.08. The van der Waals surface area contributed by atoms with Crippen molar-refractivity contribution in [3.8, 4) is 11.4 Å². The third kappa shape index (κ3) is 3.73. The van der Waals surface area contributed by atoms with Crippen LogP contribution in [0.1, 0.15) is 27.8 Å². The molecule has 0 saturated heterocycles. The fourth-order valence-electron chi connectivity index (χ4n) is 2.12. The van der Waals surface area contributed by atoms with Crippen molar-refractivity contribution in [2.24, 2.45) is 0 Å². The summed E-state index contributed by atoms with van der Waals surface area (Å²) in [5.41, 5.74) is 1.37. The zero-order chi connectivity index (χ0) is 18.9. The van der Waals surface area contributed by atoms with Gasteiger partial charge in [-0.2, -0.15) is 18.2 Å². The number of aromatic nitrogens is 3. The van der Waals surface area contributed by atoms with Gasteiger partial charge >= 0.3 is 12.1 Å². The highest BCUT2D eigenvalue weighted by Crippen LogP contribution is 2.29. The van der Waals surface area contributed by atoms with Crippen LogP contribution in [0.5, 0.6) is 0 Å². The molecule has 0 atom stereocenters. The number of hydrogen-bond donors (Lipinski definition) is 0. The van der Waals surface area contributed by atoms with E-state index < -0.39 is 12.1 Å². The molecule has 0 saturated carbocycles. The lowest BCUT2D eigenvalue weighted by atomic mass is 10.1. The Morgan fingerprint density at radius 3 is 2.42 bits per heavy atom. The SMILES string of the molecule is CN(C)C(=O)c1coc(Cc2ccc(-c3noc(C(F)(F)F)n3)cc2)n1. The van der Waals surface area contributed by atoms with Gasteiger partial charge in [0, 0.05) is 26.1 Å². The van der Waals surface area contributed by atoms with Crippen molar-refractivity contribution in [2.75, 3.05) is 14.1 Å². The molecule has 1 amide bonds. The van der Waals surface area contributed by atoms with E-state index in [1.54, 1.807) is 38.4 Å². The van der Waals surface area contributed by atoms with Gasteiger partial charge in [-0.1, -0.05) is 29.4 Å². The Kier molecular flexibility index (Phi) is 4.49. The zero-order valence-corrected chi connectivity index (χ0v) is 13.7. The van der Waals surface area contributed by atoms with Crippen LogP contribution in [-0.4, -0.2) is 40.0 Å². The first-order chi connectivity index (χ1) is 12.2. The van der Waals surface area contributed by atoms with Crippen molar-refractivity contribution in [2.45, 2.75) is 12.6 Å². The monoisotopic (exact) mass is 366 g/mol. The number of carbonyl (C=O) groups is 1. The molecule has 0 aliphatic rings. The van der Waals surface area contributed by atoms with Crippen LogP contribution in [0.2, 0.25) is 0 Å². The summed E-state index contributed by atoms with van der Waals surface area (Å²) in [5, 5.41) is 3.33. The summed E-state index contributed by atoms with van der Waals surface area (Å²) in [6, 6.07) is 6.48. The van der Waals surface area contributed by atoms with Gasteiger partial charge < -0.3 is 13.8 Å². The first-order valence-corrected chi connectivity index (χ1v) is 7.40. The number of rotatable bonds is 4. The first kappa shape index (κ1) is 17.6. The number of oxazole rings is 1. The van der Waals surface area contributed by atoms with E-state index in [9.17, 15) is 18.0 Å². The third-order valence-electron chi connectivity index (χ3n) is 3.41. The van der Waals surface area contributed by atoms with Crippen molar-refractivity contribution in [3.05, 3.63) is 53.6 Å². The summed E-state index contributed by atoms with van der Waals surface area (Å²) in [4.78, 5) is 20.6. The molecule has 136 valence electrons. The largest absolute Gasteiger partial charge is 0.471 e. The average Bonchev–Trinajstić information content (AvgIpc) is 3.24. The molecule has 10 heteroatoms. The highest BCUT2D eigenvalue weighted by atomic mass is 19.4. The van der Waals surface area contributed by atoms with Gasteiger partial charge in [0.1, 0.15) is 6.26 Å². The lowest BCUT2D eigenvalue weighted by Gasteiger charge is -2.05. The molecule has 0 fully saturated rings. The second kappa shape index (κ2) is 6.62. The zero-order valence-electron chi connectivity index (χ0n) is 13.7. The number of nitrogens with zero attached hydrogens (tertiary/aromatic N) is 4. The van der Waals surface area contributed by atoms with Crippen LogP contribution in [0.4, 0.5) is 13.2 Å². The standard InChI is InChI=1S/C16H13F3N4O3/c1-23(2)14(24)11-8-25-12(20-11)7-9-3-5-10(6-4-9)13-21-15(26-22-13)16(17,18)19/h3-6,8H,7H2,1-2H3. The van der Waals surface area contributed by atoms with E-state index in [2.05, 4.69) is 19.6 Å². The molecule has 0 bridgehead atoms. The minimum Gasteiger partial charge on any atom is -0.448 e. The molecular weight excluding hydrogens is 353 g/mol. The topological polar surface area (TPSA) is 85.3 Å². The van der Waals surface area contributed by atoms with Gasteiger partial charge in [-0.3, -0.25) is 4.79 Å². The van der Waals surface area contributed by atoms with Crippen molar-refractivity contribution in [1.82, 2.24) is 20.0 Å². The van der Waals surface area contributed by atoms with Gasteiger partial charge in [-0.15, -0.1) is 0 Å². The van der Waals surface area contributed by atoms with E-state index in [0.29, 0.717) is 17.9 Å². The van der Waals surface area contributed by atoms with Crippen molar-refractivity contribution < 1.29 is 26.9 Å². The molecule has 2 aromatic heterocycles. The Balaban J connectivity index is 1.72. The predicted molar refractivity (Wildman–Crippen MR) is 82.1 cm³/mol. The van der Waals surface area contributed by atoms with Crippen LogP contribution in [0, 0.1) is 0 Å². The number of halogens is 3. The van der Waals surface area contributed by atoms with E-state index in [-0.39, 0.29) is 17.4 Å². The normalized spacial score (nSPS) is 11.6. The first-order valence-electron chi connectivity index (χ1n) is 7.40. The minimum absolute atomic E-state index is 0.154. The van der Waals surface area contributed by atoms with Crippen LogP contribution in [0.15, 0.2) is 39.5 Å². The van der Waals surface area contributed by atoms with Crippen molar-refractivity contribution in [3.63, 3.8) is 0 Å². The summed E-state index contributed by atoms with van der Waals surface area (Å²) >= 11 is 0. The second-order valence-corrected chi connectivity index (χ2v) is 5.62. The Labute approximate surface area is 145 Å². The Bertz CT molecular complexity index is 913. The number of benzene rings is 1. The molecule has 3 aromatic rings. The molecule has 0 aliphatic heterocycles. The highest BCUT2D eigenvalue weighted by molar-refractivity contribution is 5.91. The summed E-state index contributed by atoms with van der Waals surface area (Å²) in [5.74, 6) is -1.47. The van der Waals surface area contributed by atoms with Gasteiger partial charge in [-0.05, 0) is 5.56 Å². The van der Waals surface area contributed by atoms with Crippen molar-refractivity contribution in [1.29, 1.82) is 0 Å². The summed E-state index contributed by atoms with van der Waals surface area (Å²) < 4.78 is 47.0. The number of hydrogen-bond acceptors (Lipinski definition) is 6. The lowest BCUT2D eigenvalue weighted by Crippen LogP contribution is -2.21. The Morgan fingerprint density at radius 2 is 1.85 bits per heavy atom. The van der Waals surface area contributed by atoms with E-state index in [1.165, 1.54) is 11.2 Å². The molecule has 0 N–H and O–H groups in total. The van der Waals surface area contributed by atoms with Crippen LogP contribution in [0.25, 0.3) is 11.4 Å². The maximum atomic E-state index is 12.5. The summed E-state index contributed by atoms with van der Waals surface area (Å²) in [7, 11) is 3.22. The van der Waals surface area contributed by atoms with Gasteiger partial charge in [0.05, 0.1) is 0 Å². The fourth-order valence-corrected chi connectivity index (χ4v) is 2.12. The number of carbonyl (C=O) groups excluding carboxylic acids is 1. The predicted octanol–water partition coefficient (Wildman–Crippen LogP) is 3.04. The van der Waals surface area contributed by atoms with Crippen molar-refractivity contribution >= 4 is 5.91 Å². The number of alkyl halides is 3. The molecule has 7 nitrogen and oxygen atoms in total. The maximum absolute atomic E-state index is 12.5. The van der Waals surface area contributed by atoms with Crippen LogP contribution in [0.3, 0.4) is 0 Å². The molecule has 26 heavy (non-hydrogen) atoms. The molecule has 2 heterocycles. The van der Waals surface area contributed by atoms with Gasteiger partial charge in [0.15, 0.2) is 11.6 Å². The van der Waals surface area contributed by atoms with E-state index in [4.69, 9.17) is 4.42 Å². The minimum atomic E-state index is -4.68. The quantitative estimate of drug-likeness (QED) is 0.706. The van der Waals surface area contributed by atoms with Gasteiger partial charge in [-0.25, -0.2) is 4.98 Å². The Hall–Kier alpha value is -3.17. The lowest BCUT2D eigenvalue weighted by molar-refractivity contribution is -0.159. The molecule has 0 aliphatic carbocycles. The number of amides is 1. The van der Waals surface area contributed by atoms with E-state index in [1.807, 2.05) is 0 Å². The molecule has 0 spiro atoms. The van der Waals surface area contributed by atoms with Crippen LogP contribution >= 0.6 is 0 Å². The average molecular weight is 366 g/mol. The van der Waals surface area contributed by atoms with E-state index in [0.717, 1.165) is 5.56 Å². The van der Waals surface area contributed by atoms with Gasteiger partial charge in [0.25, 0.3) is 5.91 Å². The summed E-state index contributed by atoms with van der Waals surface area (Å²) in [6.45, 7) is 0. The van der Waals surface area contributed by atoms with E-state index >= 15 is 0 Å². The fraction of sp³-hybridized carbons (Fsp3) is 0.250. The van der Waals surface area contributed by atoms with Gasteiger partial charge in [0.2, 0.25) is 5.82 Å². The molecule has 1 aromatic carbocycles. The maximum Gasteiger partial charge on any atom is 0.471 e.